The zero-order valence-electron chi connectivity index (χ0n) is 12.1. The highest BCUT2D eigenvalue weighted by molar-refractivity contribution is 6.25. The number of benzene rings is 2. The molecule has 20 heavy (non-hydrogen) atoms. The Balaban J connectivity index is 2.02. The summed E-state index contributed by atoms with van der Waals surface area (Å²) in [5, 5.41) is 8.94. The molecule has 0 aliphatic carbocycles. The van der Waals surface area contributed by atoms with Gasteiger partial charge in [-0.15, -0.1) is 0 Å². The van der Waals surface area contributed by atoms with Crippen LogP contribution in [0.4, 0.5) is 0 Å². The Kier molecular flexibility index (Phi) is 3.01. The monoisotopic (exact) mass is 262 g/mol. The van der Waals surface area contributed by atoms with Crippen molar-refractivity contribution in [2.45, 2.75) is 20.8 Å². The largest absolute Gasteiger partial charge is 0.154 e. The van der Waals surface area contributed by atoms with Gasteiger partial charge in [0, 0.05) is 5.56 Å². The lowest BCUT2D eigenvalue weighted by molar-refractivity contribution is 0.744. The number of hydrogen-bond acceptors (Lipinski definition) is 2. The molecule has 0 spiro atoms. The van der Waals surface area contributed by atoms with Gasteiger partial charge in [0.2, 0.25) is 0 Å². The third-order valence-corrected chi connectivity index (χ3v) is 3.88. The Hall–Kier alpha value is -2.22. The molecule has 1 aliphatic rings. The third-order valence-electron chi connectivity index (χ3n) is 3.88. The molecule has 0 saturated carbocycles. The zero-order chi connectivity index (χ0) is 14.2. The predicted octanol–water partition coefficient (Wildman–Crippen LogP) is 4.23. The number of aryl methyl sites for hydroxylation is 1. The third kappa shape index (κ3) is 1.97. The van der Waals surface area contributed by atoms with Gasteiger partial charge in [0.05, 0.1) is 16.8 Å². The van der Waals surface area contributed by atoms with Gasteiger partial charge in [-0.05, 0) is 31.9 Å². The van der Waals surface area contributed by atoms with Crippen molar-refractivity contribution in [3.8, 4) is 0 Å². The number of rotatable bonds is 2. The van der Waals surface area contributed by atoms with Gasteiger partial charge in [-0.1, -0.05) is 54.6 Å². The highest BCUT2D eigenvalue weighted by Crippen LogP contribution is 2.33. The van der Waals surface area contributed by atoms with Gasteiger partial charge >= 0.3 is 0 Å². The van der Waals surface area contributed by atoms with E-state index in [-0.39, 0.29) is 5.41 Å². The van der Waals surface area contributed by atoms with Crippen LogP contribution in [-0.2, 0) is 0 Å². The van der Waals surface area contributed by atoms with Crippen LogP contribution >= 0.6 is 0 Å². The fourth-order valence-electron chi connectivity index (χ4n) is 2.71. The van der Waals surface area contributed by atoms with Gasteiger partial charge in [0.25, 0.3) is 0 Å². The first-order valence-electron chi connectivity index (χ1n) is 6.89. The van der Waals surface area contributed by atoms with Crippen LogP contribution < -0.4 is 0 Å². The molecule has 0 radical (unpaired) electrons. The highest BCUT2D eigenvalue weighted by Gasteiger charge is 2.37. The topological polar surface area (TPSA) is 24.7 Å². The summed E-state index contributed by atoms with van der Waals surface area (Å²) in [5.74, 6) is 0. The lowest BCUT2D eigenvalue weighted by atomic mass is 9.76. The standard InChI is InChI=1S/C18H18N2/c1-13-9-7-8-12-15(13)17-18(2,3)16(19-20-17)14-10-5-4-6-11-14/h4-12H,1-3H3. The predicted molar refractivity (Wildman–Crippen MR) is 84.5 cm³/mol. The van der Waals surface area contributed by atoms with Crippen LogP contribution in [0.3, 0.4) is 0 Å². The smallest absolute Gasteiger partial charge is 0.0822 e. The van der Waals surface area contributed by atoms with E-state index in [0.717, 1.165) is 17.0 Å². The van der Waals surface area contributed by atoms with Crippen molar-refractivity contribution in [3.63, 3.8) is 0 Å². The summed E-state index contributed by atoms with van der Waals surface area (Å²) in [6.45, 7) is 6.50. The molecule has 2 heteroatoms. The van der Waals surface area contributed by atoms with Crippen molar-refractivity contribution < 1.29 is 0 Å². The maximum absolute atomic E-state index is 4.48. The fourth-order valence-corrected chi connectivity index (χ4v) is 2.71. The van der Waals surface area contributed by atoms with Crippen LogP contribution in [0.1, 0.15) is 30.5 Å². The van der Waals surface area contributed by atoms with E-state index in [0.29, 0.717) is 0 Å². The van der Waals surface area contributed by atoms with Crippen molar-refractivity contribution in [1.29, 1.82) is 0 Å². The van der Waals surface area contributed by atoms with E-state index in [1.165, 1.54) is 11.1 Å². The number of hydrogen-bond donors (Lipinski definition) is 0. The Morgan fingerprint density at radius 2 is 1.35 bits per heavy atom. The summed E-state index contributed by atoms with van der Waals surface area (Å²) < 4.78 is 0. The van der Waals surface area contributed by atoms with E-state index in [9.17, 15) is 0 Å². The van der Waals surface area contributed by atoms with Crippen molar-refractivity contribution in [3.05, 3.63) is 71.3 Å². The molecule has 2 nitrogen and oxygen atoms in total. The Morgan fingerprint density at radius 1 is 0.750 bits per heavy atom. The van der Waals surface area contributed by atoms with E-state index in [2.05, 4.69) is 67.4 Å². The van der Waals surface area contributed by atoms with E-state index in [4.69, 9.17) is 0 Å². The van der Waals surface area contributed by atoms with Gasteiger partial charge in [-0.2, -0.15) is 10.2 Å². The molecule has 0 bridgehead atoms. The molecular formula is C18H18N2. The molecule has 0 amide bonds. The molecule has 100 valence electrons. The van der Waals surface area contributed by atoms with E-state index in [1.54, 1.807) is 0 Å². The van der Waals surface area contributed by atoms with Gasteiger partial charge in [-0.25, -0.2) is 0 Å². The molecule has 1 heterocycles. The normalized spacial score (nSPS) is 16.8. The summed E-state index contributed by atoms with van der Waals surface area (Å²) in [6.07, 6.45) is 0. The average Bonchev–Trinajstić information content (AvgIpc) is 2.76. The van der Waals surface area contributed by atoms with Gasteiger partial charge in [0.15, 0.2) is 0 Å². The first-order valence-corrected chi connectivity index (χ1v) is 6.89. The van der Waals surface area contributed by atoms with Crippen molar-refractivity contribution >= 4 is 11.4 Å². The van der Waals surface area contributed by atoms with Crippen LogP contribution in [-0.4, -0.2) is 11.4 Å². The lowest BCUT2D eigenvalue weighted by Gasteiger charge is -2.24. The quantitative estimate of drug-likeness (QED) is 0.774. The minimum atomic E-state index is -0.173. The van der Waals surface area contributed by atoms with Crippen LogP contribution in [0, 0.1) is 12.3 Å². The maximum Gasteiger partial charge on any atom is 0.0822 e. The molecule has 3 rings (SSSR count). The summed E-state index contributed by atoms with van der Waals surface area (Å²) in [6, 6.07) is 18.7. The molecule has 0 aromatic heterocycles. The zero-order valence-corrected chi connectivity index (χ0v) is 12.1. The Labute approximate surface area is 119 Å². The van der Waals surface area contributed by atoms with Crippen LogP contribution in [0.2, 0.25) is 0 Å². The Bertz CT molecular complexity index is 694. The van der Waals surface area contributed by atoms with Crippen molar-refractivity contribution in [2.24, 2.45) is 15.6 Å². The summed E-state index contributed by atoms with van der Waals surface area (Å²) in [5.41, 5.74) is 5.49. The van der Waals surface area contributed by atoms with E-state index >= 15 is 0 Å². The summed E-state index contributed by atoms with van der Waals surface area (Å²) in [4.78, 5) is 0. The van der Waals surface area contributed by atoms with Gasteiger partial charge in [0.1, 0.15) is 0 Å². The average molecular weight is 262 g/mol. The second kappa shape index (κ2) is 4.71. The van der Waals surface area contributed by atoms with Crippen molar-refractivity contribution in [1.82, 2.24) is 0 Å². The molecule has 0 N–H and O–H groups in total. The second-order valence-corrected chi connectivity index (χ2v) is 5.70. The molecule has 0 fully saturated rings. The highest BCUT2D eigenvalue weighted by atomic mass is 15.2. The molecule has 0 saturated heterocycles. The second-order valence-electron chi connectivity index (χ2n) is 5.70. The number of nitrogens with zero attached hydrogens (tertiary/aromatic N) is 2. The summed E-state index contributed by atoms with van der Waals surface area (Å²) in [7, 11) is 0. The first kappa shape index (κ1) is 12.8. The molecule has 0 unspecified atom stereocenters. The molecule has 2 aromatic rings. The maximum atomic E-state index is 4.48. The molecule has 0 atom stereocenters. The minimum Gasteiger partial charge on any atom is -0.154 e. The molecular weight excluding hydrogens is 244 g/mol. The van der Waals surface area contributed by atoms with Crippen LogP contribution in [0.15, 0.2) is 64.8 Å². The van der Waals surface area contributed by atoms with Gasteiger partial charge in [-0.3, -0.25) is 0 Å². The van der Waals surface area contributed by atoms with Crippen LogP contribution in [0.25, 0.3) is 0 Å². The molecule has 2 aromatic carbocycles. The van der Waals surface area contributed by atoms with Crippen LogP contribution in [0.5, 0.6) is 0 Å². The molecule has 1 aliphatic heterocycles. The summed E-state index contributed by atoms with van der Waals surface area (Å²) >= 11 is 0. The van der Waals surface area contributed by atoms with Crippen molar-refractivity contribution in [2.75, 3.05) is 0 Å². The minimum absolute atomic E-state index is 0.173. The fraction of sp³-hybridized carbons (Fsp3) is 0.222. The lowest BCUT2D eigenvalue weighted by Crippen LogP contribution is -2.31. The van der Waals surface area contributed by atoms with E-state index in [1.807, 2.05) is 18.2 Å². The van der Waals surface area contributed by atoms with Gasteiger partial charge < -0.3 is 0 Å². The van der Waals surface area contributed by atoms with E-state index < -0.39 is 0 Å². The SMILES string of the molecule is Cc1ccccc1C1=NN=C(c2ccccc2)C1(C)C. The Morgan fingerprint density at radius 3 is 2.05 bits per heavy atom. The first-order chi connectivity index (χ1) is 9.60.